The highest BCUT2D eigenvalue weighted by molar-refractivity contribution is 6.02. The van der Waals surface area contributed by atoms with Gasteiger partial charge in [-0.3, -0.25) is 9.59 Å². The van der Waals surface area contributed by atoms with Gasteiger partial charge in [-0.25, -0.2) is 0 Å². The molecule has 1 aliphatic heterocycles. The predicted octanol–water partition coefficient (Wildman–Crippen LogP) is 3.33. The predicted molar refractivity (Wildman–Crippen MR) is 88.2 cm³/mol. The molecule has 1 aliphatic carbocycles. The number of hydrogen-bond donors (Lipinski definition) is 1. The molecule has 4 heteroatoms. The molecule has 1 N–H and O–H groups in total. The van der Waals surface area contributed by atoms with Crippen molar-refractivity contribution in [2.75, 3.05) is 6.61 Å². The van der Waals surface area contributed by atoms with Gasteiger partial charge in [-0.2, -0.15) is 0 Å². The van der Waals surface area contributed by atoms with E-state index in [0.717, 1.165) is 29.0 Å². The van der Waals surface area contributed by atoms with Crippen molar-refractivity contribution >= 4 is 11.7 Å². The molecule has 122 valence electrons. The number of amides is 1. The monoisotopic (exact) mass is 313 g/mol. The normalized spacial score (nSPS) is 23.3. The van der Waals surface area contributed by atoms with Crippen molar-refractivity contribution in [2.45, 2.75) is 46.0 Å². The van der Waals surface area contributed by atoms with E-state index in [-0.39, 0.29) is 23.0 Å². The van der Waals surface area contributed by atoms with Crippen LogP contribution >= 0.6 is 0 Å². The third-order valence-corrected chi connectivity index (χ3v) is 4.52. The first-order valence-corrected chi connectivity index (χ1v) is 8.18. The number of Topliss-reactive ketones (excluding diaryl/α,β-unsaturated/α-hetero) is 1. The van der Waals surface area contributed by atoms with Gasteiger partial charge in [0.15, 0.2) is 5.78 Å². The maximum absolute atomic E-state index is 12.7. The second kappa shape index (κ2) is 5.84. The van der Waals surface area contributed by atoms with E-state index in [1.807, 2.05) is 31.2 Å². The van der Waals surface area contributed by atoms with Crippen LogP contribution in [0.5, 0.6) is 5.75 Å². The zero-order chi connectivity index (χ0) is 16.6. The molecular weight excluding hydrogens is 290 g/mol. The average molecular weight is 313 g/mol. The maximum atomic E-state index is 12.7. The fourth-order valence-electron chi connectivity index (χ4n) is 3.63. The van der Waals surface area contributed by atoms with E-state index >= 15 is 0 Å². The van der Waals surface area contributed by atoms with Gasteiger partial charge in [0, 0.05) is 30.0 Å². The molecule has 0 saturated heterocycles. The molecule has 1 atom stereocenters. The summed E-state index contributed by atoms with van der Waals surface area (Å²) in [5.41, 5.74) is 2.48. The largest absolute Gasteiger partial charge is 0.494 e. The number of benzene rings is 1. The number of rotatable bonds is 3. The molecule has 2 aliphatic rings. The van der Waals surface area contributed by atoms with Crippen molar-refractivity contribution in [3.63, 3.8) is 0 Å². The van der Waals surface area contributed by atoms with Crippen molar-refractivity contribution in [3.05, 3.63) is 41.1 Å². The summed E-state index contributed by atoms with van der Waals surface area (Å²) in [6.07, 6.45) is 1.59. The van der Waals surface area contributed by atoms with Crippen molar-refractivity contribution in [2.24, 2.45) is 5.41 Å². The minimum atomic E-state index is -0.164. The van der Waals surface area contributed by atoms with Gasteiger partial charge in [-0.05, 0) is 36.5 Å². The Morgan fingerprint density at radius 1 is 1.26 bits per heavy atom. The summed E-state index contributed by atoms with van der Waals surface area (Å²) in [5.74, 6) is 0.758. The molecule has 3 rings (SSSR count). The minimum absolute atomic E-state index is 0.0129. The topological polar surface area (TPSA) is 55.4 Å². The van der Waals surface area contributed by atoms with Crippen LogP contribution in [0.3, 0.4) is 0 Å². The second-order valence-electron chi connectivity index (χ2n) is 7.14. The number of carbonyl (C=O) groups excluding carboxylic acids is 2. The second-order valence-corrected chi connectivity index (χ2v) is 7.14. The lowest BCUT2D eigenvalue weighted by molar-refractivity contribution is -0.122. The average Bonchev–Trinajstić information content (AvgIpc) is 2.45. The van der Waals surface area contributed by atoms with Crippen molar-refractivity contribution in [1.82, 2.24) is 5.32 Å². The summed E-state index contributed by atoms with van der Waals surface area (Å²) in [4.78, 5) is 24.8. The van der Waals surface area contributed by atoms with E-state index in [1.54, 1.807) is 0 Å². The number of ether oxygens (including phenoxy) is 1. The molecule has 0 fully saturated rings. The van der Waals surface area contributed by atoms with E-state index < -0.39 is 0 Å². The van der Waals surface area contributed by atoms with E-state index in [9.17, 15) is 9.59 Å². The third kappa shape index (κ3) is 3.16. The molecule has 1 aromatic rings. The smallest absolute Gasteiger partial charge is 0.225 e. The first kappa shape index (κ1) is 15.8. The lowest BCUT2D eigenvalue weighted by Crippen LogP contribution is -2.40. The van der Waals surface area contributed by atoms with Crippen LogP contribution in [-0.2, 0) is 9.59 Å². The van der Waals surface area contributed by atoms with Crippen LogP contribution < -0.4 is 10.1 Å². The van der Waals surface area contributed by atoms with Gasteiger partial charge in [-0.15, -0.1) is 0 Å². The molecule has 0 saturated carbocycles. The van der Waals surface area contributed by atoms with Crippen LogP contribution in [-0.4, -0.2) is 18.3 Å². The highest BCUT2D eigenvalue weighted by Gasteiger charge is 2.40. The first-order valence-electron chi connectivity index (χ1n) is 8.18. The molecule has 1 heterocycles. The number of hydrogen-bond acceptors (Lipinski definition) is 3. The maximum Gasteiger partial charge on any atom is 0.225 e. The van der Waals surface area contributed by atoms with Gasteiger partial charge in [-0.1, -0.05) is 26.0 Å². The number of carbonyl (C=O) groups is 2. The summed E-state index contributed by atoms with van der Waals surface area (Å²) < 4.78 is 5.56. The summed E-state index contributed by atoms with van der Waals surface area (Å²) in [6, 6.07) is 7.75. The Hall–Kier alpha value is -2.10. The van der Waals surface area contributed by atoms with Gasteiger partial charge in [0.2, 0.25) is 5.91 Å². The van der Waals surface area contributed by atoms with Gasteiger partial charge < -0.3 is 10.1 Å². The highest BCUT2D eigenvalue weighted by atomic mass is 16.5. The van der Waals surface area contributed by atoms with Gasteiger partial charge >= 0.3 is 0 Å². The summed E-state index contributed by atoms with van der Waals surface area (Å²) in [6.45, 7) is 6.67. The number of nitrogens with one attached hydrogen (secondary N) is 1. The molecule has 0 bridgehead atoms. The quantitative estimate of drug-likeness (QED) is 0.931. The fraction of sp³-hybridized carbons (Fsp3) is 0.474. The van der Waals surface area contributed by atoms with Gasteiger partial charge in [0.05, 0.1) is 6.61 Å². The minimum Gasteiger partial charge on any atom is -0.494 e. The van der Waals surface area contributed by atoms with Crippen LogP contribution in [0.4, 0.5) is 0 Å². The van der Waals surface area contributed by atoms with E-state index in [2.05, 4.69) is 19.2 Å². The Balaban J connectivity index is 2.03. The molecule has 0 radical (unpaired) electrons. The summed E-state index contributed by atoms with van der Waals surface area (Å²) in [7, 11) is 0. The summed E-state index contributed by atoms with van der Waals surface area (Å²) >= 11 is 0. The Morgan fingerprint density at radius 3 is 2.78 bits per heavy atom. The first-order chi connectivity index (χ1) is 10.9. The SMILES string of the molecule is CCOc1cccc([C@@H]2CC(=O)NC3=C2C(=O)CC(C)(C)C3)c1. The molecule has 0 spiro atoms. The molecule has 1 amide bonds. The van der Waals surface area contributed by atoms with E-state index in [0.29, 0.717) is 19.4 Å². The van der Waals surface area contributed by atoms with E-state index in [4.69, 9.17) is 4.74 Å². The highest BCUT2D eigenvalue weighted by Crippen LogP contribution is 2.44. The van der Waals surface area contributed by atoms with E-state index in [1.165, 1.54) is 0 Å². The van der Waals surface area contributed by atoms with Crippen molar-refractivity contribution in [3.8, 4) is 5.75 Å². The van der Waals surface area contributed by atoms with Crippen LogP contribution in [0, 0.1) is 5.41 Å². The molecule has 1 aromatic carbocycles. The Labute approximate surface area is 136 Å². The van der Waals surface area contributed by atoms with Crippen LogP contribution in [0.1, 0.15) is 51.5 Å². The standard InChI is InChI=1S/C19H23NO3/c1-4-23-13-7-5-6-12(8-13)14-9-17(22)20-15-10-19(2,3)11-16(21)18(14)15/h5-8,14H,4,9-11H2,1-3H3,(H,20,22)/t14-/m0/s1. The fourth-order valence-corrected chi connectivity index (χ4v) is 3.63. The third-order valence-electron chi connectivity index (χ3n) is 4.52. The van der Waals surface area contributed by atoms with Gasteiger partial charge in [0.1, 0.15) is 5.75 Å². The number of allylic oxidation sites excluding steroid dienone is 2. The zero-order valence-corrected chi connectivity index (χ0v) is 13.9. The summed E-state index contributed by atoms with van der Waals surface area (Å²) in [5, 5.41) is 2.93. The lowest BCUT2D eigenvalue weighted by Gasteiger charge is -2.37. The zero-order valence-electron chi connectivity index (χ0n) is 13.9. The molecule has 0 aromatic heterocycles. The number of ketones is 1. The van der Waals surface area contributed by atoms with Crippen LogP contribution in [0.25, 0.3) is 0 Å². The van der Waals surface area contributed by atoms with Crippen LogP contribution in [0.2, 0.25) is 0 Å². The molecule has 23 heavy (non-hydrogen) atoms. The van der Waals surface area contributed by atoms with Crippen molar-refractivity contribution in [1.29, 1.82) is 0 Å². The Morgan fingerprint density at radius 2 is 2.04 bits per heavy atom. The lowest BCUT2D eigenvalue weighted by atomic mass is 9.70. The van der Waals surface area contributed by atoms with Crippen LogP contribution in [0.15, 0.2) is 35.5 Å². The van der Waals surface area contributed by atoms with Gasteiger partial charge in [0.25, 0.3) is 0 Å². The Bertz CT molecular complexity index is 688. The Kier molecular flexibility index (Phi) is 4.00. The molecule has 0 unspecified atom stereocenters. The molecule has 4 nitrogen and oxygen atoms in total. The van der Waals surface area contributed by atoms with Crippen molar-refractivity contribution < 1.29 is 14.3 Å². The molecular formula is C19H23NO3.